The zero-order chi connectivity index (χ0) is 15.2. The van der Waals surface area contributed by atoms with Gasteiger partial charge < -0.3 is 10.4 Å². The Labute approximate surface area is 125 Å². The summed E-state index contributed by atoms with van der Waals surface area (Å²) in [5.41, 5.74) is 1.31. The number of carbonyl (C=O) groups is 1. The van der Waals surface area contributed by atoms with Crippen LogP contribution in [0.1, 0.15) is 43.1 Å². The van der Waals surface area contributed by atoms with Crippen molar-refractivity contribution in [3.8, 4) is 11.8 Å². The van der Waals surface area contributed by atoms with Crippen LogP contribution in [0.5, 0.6) is 0 Å². The summed E-state index contributed by atoms with van der Waals surface area (Å²) in [6.45, 7) is 6.80. The molecule has 0 heterocycles. The number of hydrogen-bond donors (Lipinski definition) is 2. The van der Waals surface area contributed by atoms with Crippen LogP contribution in [0.4, 0.5) is 0 Å². The third-order valence-corrected chi connectivity index (χ3v) is 3.01. The van der Waals surface area contributed by atoms with E-state index in [0.29, 0.717) is 22.7 Å². The van der Waals surface area contributed by atoms with Crippen molar-refractivity contribution in [2.45, 2.75) is 27.2 Å². The first-order chi connectivity index (χ1) is 9.33. The predicted molar refractivity (Wildman–Crippen MR) is 81.8 cm³/mol. The summed E-state index contributed by atoms with van der Waals surface area (Å²) < 4.78 is 0. The predicted octanol–water partition coefficient (Wildman–Crippen LogP) is 2.85. The monoisotopic (exact) mass is 293 g/mol. The smallest absolute Gasteiger partial charge is 0.251 e. The zero-order valence-electron chi connectivity index (χ0n) is 12.1. The van der Waals surface area contributed by atoms with Crippen LogP contribution < -0.4 is 5.32 Å². The van der Waals surface area contributed by atoms with Gasteiger partial charge in [0.15, 0.2) is 0 Å². The minimum absolute atomic E-state index is 0.141. The lowest BCUT2D eigenvalue weighted by molar-refractivity contribution is 0.0949. The number of benzene rings is 1. The quantitative estimate of drug-likeness (QED) is 0.842. The van der Waals surface area contributed by atoms with E-state index in [1.54, 1.807) is 18.2 Å². The summed E-state index contributed by atoms with van der Waals surface area (Å²) in [4.78, 5) is 12.0. The van der Waals surface area contributed by atoms with Gasteiger partial charge in [-0.25, -0.2) is 0 Å². The van der Waals surface area contributed by atoms with Crippen LogP contribution in [0.25, 0.3) is 0 Å². The van der Waals surface area contributed by atoms with Crippen molar-refractivity contribution < 1.29 is 9.90 Å². The van der Waals surface area contributed by atoms with Crippen molar-refractivity contribution in [1.82, 2.24) is 5.32 Å². The van der Waals surface area contributed by atoms with Crippen LogP contribution in [-0.2, 0) is 0 Å². The molecule has 4 heteroatoms. The topological polar surface area (TPSA) is 49.3 Å². The van der Waals surface area contributed by atoms with E-state index in [0.717, 1.165) is 6.42 Å². The Morgan fingerprint density at radius 1 is 1.40 bits per heavy atom. The van der Waals surface area contributed by atoms with E-state index in [-0.39, 0.29) is 17.9 Å². The first-order valence-electron chi connectivity index (χ1n) is 6.51. The van der Waals surface area contributed by atoms with Gasteiger partial charge in [0.25, 0.3) is 5.91 Å². The first-order valence-corrected chi connectivity index (χ1v) is 6.89. The van der Waals surface area contributed by atoms with Gasteiger partial charge in [-0.3, -0.25) is 4.79 Å². The number of carbonyl (C=O) groups excluding carboxylic acids is 1. The van der Waals surface area contributed by atoms with E-state index in [2.05, 4.69) is 37.9 Å². The highest BCUT2D eigenvalue weighted by Crippen LogP contribution is 2.18. The van der Waals surface area contributed by atoms with Crippen molar-refractivity contribution >= 4 is 17.5 Å². The molecule has 1 aromatic carbocycles. The van der Waals surface area contributed by atoms with Crippen molar-refractivity contribution in [2.75, 3.05) is 13.2 Å². The molecule has 0 spiro atoms. The fraction of sp³-hybridized carbons (Fsp3) is 0.438. The summed E-state index contributed by atoms with van der Waals surface area (Å²) >= 11 is 6.05. The average molecular weight is 294 g/mol. The lowest BCUT2D eigenvalue weighted by atomic mass is 9.92. The molecule has 0 aromatic heterocycles. The lowest BCUT2D eigenvalue weighted by Gasteiger charge is -2.18. The standard InChI is InChI=1S/C16H20ClNO2/c1-16(2,3)8-9-18-15(20)13-7-6-12(5-4-10-19)14(17)11-13/h6-7,11,19H,8-10H2,1-3H3,(H,18,20). The van der Waals surface area contributed by atoms with E-state index >= 15 is 0 Å². The molecule has 0 aliphatic heterocycles. The molecular formula is C16H20ClNO2. The van der Waals surface area contributed by atoms with Gasteiger partial charge in [-0.05, 0) is 30.0 Å². The van der Waals surface area contributed by atoms with Crippen molar-refractivity contribution in [1.29, 1.82) is 0 Å². The molecule has 1 amide bonds. The maximum absolute atomic E-state index is 12.0. The molecule has 1 aromatic rings. The molecule has 0 aliphatic rings. The molecule has 0 saturated heterocycles. The molecule has 3 nitrogen and oxygen atoms in total. The van der Waals surface area contributed by atoms with Gasteiger partial charge in [-0.2, -0.15) is 0 Å². The van der Waals surface area contributed by atoms with E-state index in [9.17, 15) is 4.79 Å². The molecule has 108 valence electrons. The van der Waals surface area contributed by atoms with Crippen LogP contribution in [0.15, 0.2) is 18.2 Å². The number of amides is 1. The number of nitrogens with one attached hydrogen (secondary N) is 1. The molecule has 1 rings (SSSR count). The maximum atomic E-state index is 12.0. The van der Waals surface area contributed by atoms with E-state index in [1.165, 1.54) is 0 Å². The normalized spacial score (nSPS) is 10.7. The molecule has 0 radical (unpaired) electrons. The largest absolute Gasteiger partial charge is 0.384 e. The third-order valence-electron chi connectivity index (χ3n) is 2.69. The fourth-order valence-corrected chi connectivity index (χ4v) is 1.77. The zero-order valence-corrected chi connectivity index (χ0v) is 12.8. The van der Waals surface area contributed by atoms with Gasteiger partial charge in [-0.1, -0.05) is 44.2 Å². The Kier molecular flexibility index (Phi) is 6.06. The third kappa shape index (κ3) is 5.64. The van der Waals surface area contributed by atoms with Crippen LogP contribution in [0.3, 0.4) is 0 Å². The highest BCUT2D eigenvalue weighted by molar-refractivity contribution is 6.32. The molecule has 0 unspecified atom stereocenters. The van der Waals surface area contributed by atoms with Crippen LogP contribution >= 0.6 is 11.6 Å². The molecule has 20 heavy (non-hydrogen) atoms. The van der Waals surface area contributed by atoms with Crippen molar-refractivity contribution in [3.05, 3.63) is 34.3 Å². The molecule has 2 N–H and O–H groups in total. The van der Waals surface area contributed by atoms with Gasteiger partial charge in [0, 0.05) is 17.7 Å². The van der Waals surface area contributed by atoms with Gasteiger partial charge in [-0.15, -0.1) is 0 Å². The minimum atomic E-state index is -0.217. The summed E-state index contributed by atoms with van der Waals surface area (Å²) in [6, 6.07) is 4.96. The SMILES string of the molecule is CC(C)(C)CCNC(=O)c1ccc(C#CCO)c(Cl)c1. The molecule has 0 atom stereocenters. The second-order valence-corrected chi connectivity index (χ2v) is 6.13. The summed E-state index contributed by atoms with van der Waals surface area (Å²) in [7, 11) is 0. The number of aliphatic hydroxyl groups is 1. The Morgan fingerprint density at radius 3 is 2.65 bits per heavy atom. The number of aliphatic hydroxyl groups excluding tert-OH is 1. The Morgan fingerprint density at radius 2 is 2.10 bits per heavy atom. The van der Waals surface area contributed by atoms with Gasteiger partial charge in [0.1, 0.15) is 6.61 Å². The van der Waals surface area contributed by atoms with Gasteiger partial charge >= 0.3 is 0 Å². The second kappa shape index (κ2) is 7.33. The highest BCUT2D eigenvalue weighted by atomic mass is 35.5. The fourth-order valence-electron chi connectivity index (χ4n) is 1.55. The first kappa shape index (κ1) is 16.6. The Hall–Kier alpha value is -1.50. The molecule has 0 saturated carbocycles. The maximum Gasteiger partial charge on any atom is 0.251 e. The van der Waals surface area contributed by atoms with Gasteiger partial charge in [0.2, 0.25) is 0 Å². The molecule has 0 fully saturated rings. The summed E-state index contributed by atoms with van der Waals surface area (Å²) in [6.07, 6.45) is 0.909. The number of hydrogen-bond acceptors (Lipinski definition) is 2. The van der Waals surface area contributed by atoms with Gasteiger partial charge in [0.05, 0.1) is 5.02 Å². The summed E-state index contributed by atoms with van der Waals surface area (Å²) in [5.74, 6) is 5.11. The van der Waals surface area contributed by atoms with Crippen molar-refractivity contribution in [2.24, 2.45) is 5.41 Å². The lowest BCUT2D eigenvalue weighted by Crippen LogP contribution is -2.27. The van der Waals surface area contributed by atoms with Crippen molar-refractivity contribution in [3.63, 3.8) is 0 Å². The molecule has 0 aliphatic carbocycles. The molecular weight excluding hydrogens is 274 g/mol. The minimum Gasteiger partial charge on any atom is -0.384 e. The van der Waals surface area contributed by atoms with E-state index in [4.69, 9.17) is 16.7 Å². The molecule has 0 bridgehead atoms. The number of rotatable bonds is 3. The Balaban J connectivity index is 2.68. The number of halogens is 1. The highest BCUT2D eigenvalue weighted by Gasteiger charge is 2.12. The average Bonchev–Trinajstić information content (AvgIpc) is 2.35. The summed E-state index contributed by atoms with van der Waals surface area (Å²) in [5, 5.41) is 11.9. The van der Waals surface area contributed by atoms with Crippen LogP contribution in [0, 0.1) is 17.3 Å². The van der Waals surface area contributed by atoms with E-state index < -0.39 is 0 Å². The van der Waals surface area contributed by atoms with Crippen LogP contribution in [-0.4, -0.2) is 24.2 Å². The van der Waals surface area contributed by atoms with Crippen LogP contribution in [0.2, 0.25) is 5.02 Å². The second-order valence-electron chi connectivity index (χ2n) is 5.72. The van der Waals surface area contributed by atoms with E-state index in [1.807, 2.05) is 0 Å². The Bertz CT molecular complexity index is 536.